The Hall–Kier alpha value is -3.28. The largest absolute Gasteiger partial charge is 0.466 e. The number of pyridine rings is 1. The van der Waals surface area contributed by atoms with Gasteiger partial charge in [-0.3, -0.25) is 14.6 Å². The number of aromatic nitrogens is 1. The minimum absolute atomic E-state index is 0.113. The minimum atomic E-state index is -0.847. The summed E-state index contributed by atoms with van der Waals surface area (Å²) in [7, 11) is 0. The zero-order valence-corrected chi connectivity index (χ0v) is 17.5. The summed E-state index contributed by atoms with van der Waals surface area (Å²) in [5.74, 6) is -0.738. The molecule has 0 spiro atoms. The molecule has 0 radical (unpaired) electrons. The maximum absolute atomic E-state index is 13.4. The summed E-state index contributed by atoms with van der Waals surface area (Å²) < 4.78 is 18.8. The van der Waals surface area contributed by atoms with Crippen molar-refractivity contribution in [1.29, 1.82) is 0 Å². The van der Waals surface area contributed by atoms with Crippen LogP contribution in [-0.2, 0) is 16.0 Å². The zero-order valence-electron chi connectivity index (χ0n) is 17.5. The van der Waals surface area contributed by atoms with Crippen LogP contribution in [0.3, 0.4) is 0 Å². The molecule has 0 saturated carbocycles. The average Bonchev–Trinajstić information content (AvgIpc) is 2.80. The molecule has 1 saturated heterocycles. The second-order valence-corrected chi connectivity index (χ2v) is 8.05. The van der Waals surface area contributed by atoms with E-state index < -0.39 is 5.41 Å². The molecule has 1 atom stereocenters. The Balaban J connectivity index is 1.61. The molecule has 1 aliphatic rings. The average molecular weight is 420 g/mol. The van der Waals surface area contributed by atoms with Crippen molar-refractivity contribution in [3.05, 3.63) is 77.7 Å². The van der Waals surface area contributed by atoms with Gasteiger partial charge in [-0.05, 0) is 68.1 Å². The maximum atomic E-state index is 13.4. The first-order valence-electron chi connectivity index (χ1n) is 10.6. The smallest absolute Gasteiger partial charge is 0.314 e. The zero-order chi connectivity index (χ0) is 21.8. The molecule has 0 aliphatic carbocycles. The van der Waals surface area contributed by atoms with Crippen LogP contribution in [0.25, 0.3) is 10.9 Å². The number of benzene rings is 2. The third-order valence-electron chi connectivity index (χ3n) is 5.88. The number of carbonyl (C=O) groups is 2. The van der Waals surface area contributed by atoms with Crippen molar-refractivity contribution in [2.75, 3.05) is 19.7 Å². The van der Waals surface area contributed by atoms with Crippen molar-refractivity contribution >= 4 is 22.8 Å². The summed E-state index contributed by atoms with van der Waals surface area (Å²) in [5, 5.41) is 0.897. The van der Waals surface area contributed by atoms with E-state index in [1.807, 2.05) is 24.3 Å². The van der Waals surface area contributed by atoms with Crippen molar-refractivity contribution in [3.63, 3.8) is 0 Å². The van der Waals surface area contributed by atoms with E-state index >= 15 is 0 Å². The number of piperidine rings is 1. The predicted molar refractivity (Wildman–Crippen MR) is 116 cm³/mol. The van der Waals surface area contributed by atoms with Gasteiger partial charge in [0.2, 0.25) is 0 Å². The lowest BCUT2D eigenvalue weighted by atomic mass is 9.75. The number of esters is 1. The molecule has 2 heterocycles. The number of carbonyl (C=O) groups excluding carboxylic acids is 2. The van der Waals surface area contributed by atoms with Crippen LogP contribution in [0.1, 0.15) is 35.7 Å². The van der Waals surface area contributed by atoms with Gasteiger partial charge in [-0.25, -0.2) is 4.39 Å². The molecule has 0 bridgehead atoms. The Morgan fingerprint density at radius 2 is 1.97 bits per heavy atom. The van der Waals surface area contributed by atoms with Gasteiger partial charge in [0.15, 0.2) is 0 Å². The van der Waals surface area contributed by atoms with Crippen molar-refractivity contribution in [2.45, 2.75) is 26.2 Å². The Morgan fingerprint density at radius 1 is 1.16 bits per heavy atom. The van der Waals surface area contributed by atoms with Crippen LogP contribution in [0, 0.1) is 11.2 Å². The van der Waals surface area contributed by atoms with Crippen molar-refractivity contribution < 1.29 is 18.7 Å². The number of hydrogen-bond donors (Lipinski definition) is 0. The predicted octanol–water partition coefficient (Wildman–Crippen LogP) is 4.40. The molecule has 1 aliphatic heterocycles. The van der Waals surface area contributed by atoms with Gasteiger partial charge in [0.25, 0.3) is 5.91 Å². The normalized spacial score (nSPS) is 18.7. The molecule has 0 N–H and O–H groups in total. The minimum Gasteiger partial charge on any atom is -0.466 e. The summed E-state index contributed by atoms with van der Waals surface area (Å²) in [5.41, 5.74) is 1.40. The molecule has 3 aromatic rings. The Kier molecular flexibility index (Phi) is 5.98. The number of fused-ring (bicyclic) bond motifs is 1. The molecule has 1 fully saturated rings. The highest BCUT2D eigenvalue weighted by Crippen LogP contribution is 2.36. The molecule has 6 heteroatoms. The van der Waals surface area contributed by atoms with Crippen LogP contribution in [-0.4, -0.2) is 41.5 Å². The van der Waals surface area contributed by atoms with E-state index in [2.05, 4.69) is 4.98 Å². The molecule has 2 aromatic carbocycles. The molecule has 1 aromatic heterocycles. The second kappa shape index (κ2) is 8.84. The quantitative estimate of drug-likeness (QED) is 0.574. The van der Waals surface area contributed by atoms with E-state index in [0.717, 1.165) is 16.5 Å². The molecule has 5 nitrogen and oxygen atoms in total. The summed E-state index contributed by atoms with van der Waals surface area (Å²) >= 11 is 0. The van der Waals surface area contributed by atoms with E-state index in [-0.39, 0.29) is 30.8 Å². The molecule has 0 unspecified atom stereocenters. The lowest BCUT2D eigenvalue weighted by Gasteiger charge is -2.41. The van der Waals surface area contributed by atoms with Gasteiger partial charge in [-0.15, -0.1) is 0 Å². The summed E-state index contributed by atoms with van der Waals surface area (Å²) in [6.45, 7) is 2.90. The van der Waals surface area contributed by atoms with Crippen LogP contribution in [0.15, 0.2) is 60.8 Å². The van der Waals surface area contributed by atoms with Crippen LogP contribution in [0.4, 0.5) is 4.39 Å². The molecule has 31 heavy (non-hydrogen) atoms. The monoisotopic (exact) mass is 420 g/mol. The van der Waals surface area contributed by atoms with Crippen LogP contribution < -0.4 is 0 Å². The maximum Gasteiger partial charge on any atom is 0.314 e. The first-order valence-corrected chi connectivity index (χ1v) is 10.6. The topological polar surface area (TPSA) is 59.5 Å². The molecule has 1 amide bonds. The van der Waals surface area contributed by atoms with Gasteiger partial charge in [-0.2, -0.15) is 0 Å². The van der Waals surface area contributed by atoms with E-state index in [0.29, 0.717) is 31.4 Å². The standard InChI is InChI=1S/C25H25FN2O3/c1-2-31-24(30)25(16-18-6-9-21(26)10-7-18)12-4-14-28(17-25)23(29)20-8-11-22-19(15-20)5-3-13-27-22/h3,5-11,13,15H,2,4,12,14,16-17H2,1H3/t25-/m0/s1. The van der Waals surface area contributed by atoms with Gasteiger partial charge in [0.05, 0.1) is 17.5 Å². The van der Waals surface area contributed by atoms with E-state index in [1.165, 1.54) is 12.1 Å². The van der Waals surface area contributed by atoms with Gasteiger partial charge in [-0.1, -0.05) is 18.2 Å². The summed E-state index contributed by atoms with van der Waals surface area (Å²) in [6.07, 6.45) is 3.44. The number of nitrogens with zero attached hydrogens (tertiary/aromatic N) is 2. The second-order valence-electron chi connectivity index (χ2n) is 8.05. The molecular formula is C25H25FN2O3. The molecule has 4 rings (SSSR count). The number of likely N-dealkylation sites (tertiary alicyclic amines) is 1. The first-order chi connectivity index (χ1) is 15.0. The van der Waals surface area contributed by atoms with Crippen molar-refractivity contribution in [3.8, 4) is 0 Å². The lowest BCUT2D eigenvalue weighted by molar-refractivity contribution is -0.158. The fraction of sp³-hybridized carbons (Fsp3) is 0.320. The highest BCUT2D eigenvalue weighted by Gasteiger charge is 2.45. The first kappa shape index (κ1) is 21.0. The molecular weight excluding hydrogens is 395 g/mol. The fourth-order valence-electron chi connectivity index (χ4n) is 4.36. The number of hydrogen-bond acceptors (Lipinski definition) is 4. The van der Waals surface area contributed by atoms with E-state index in [9.17, 15) is 14.0 Å². The Morgan fingerprint density at radius 3 is 2.74 bits per heavy atom. The fourth-order valence-corrected chi connectivity index (χ4v) is 4.36. The van der Waals surface area contributed by atoms with Crippen molar-refractivity contribution in [2.24, 2.45) is 5.41 Å². The highest BCUT2D eigenvalue weighted by molar-refractivity contribution is 5.98. The van der Waals surface area contributed by atoms with Gasteiger partial charge in [0, 0.05) is 30.2 Å². The third-order valence-corrected chi connectivity index (χ3v) is 5.88. The van der Waals surface area contributed by atoms with E-state index in [4.69, 9.17) is 4.74 Å². The van der Waals surface area contributed by atoms with Crippen LogP contribution in [0.2, 0.25) is 0 Å². The highest BCUT2D eigenvalue weighted by atomic mass is 19.1. The van der Waals surface area contributed by atoms with Gasteiger partial charge < -0.3 is 9.64 Å². The van der Waals surface area contributed by atoms with E-state index in [1.54, 1.807) is 36.2 Å². The van der Waals surface area contributed by atoms with Crippen LogP contribution >= 0.6 is 0 Å². The number of halogens is 1. The number of ether oxygens (including phenoxy) is 1. The number of rotatable bonds is 5. The third kappa shape index (κ3) is 4.43. The van der Waals surface area contributed by atoms with Gasteiger partial charge >= 0.3 is 5.97 Å². The van der Waals surface area contributed by atoms with Gasteiger partial charge in [0.1, 0.15) is 5.82 Å². The van der Waals surface area contributed by atoms with Crippen LogP contribution in [0.5, 0.6) is 0 Å². The molecule has 160 valence electrons. The Bertz CT molecular complexity index is 1100. The van der Waals surface area contributed by atoms with Crippen molar-refractivity contribution in [1.82, 2.24) is 9.88 Å². The number of amides is 1. The SMILES string of the molecule is CCOC(=O)[C@]1(Cc2ccc(F)cc2)CCCN(C(=O)c2ccc3ncccc3c2)C1. The lowest BCUT2D eigenvalue weighted by Crippen LogP contribution is -2.51. The summed E-state index contributed by atoms with van der Waals surface area (Å²) in [4.78, 5) is 32.4. The summed E-state index contributed by atoms with van der Waals surface area (Å²) in [6, 6.07) is 15.4. The Labute approximate surface area is 180 Å².